The molecule has 4 nitrogen and oxygen atoms in total. The summed E-state index contributed by atoms with van der Waals surface area (Å²) in [4.78, 5) is 27.2. The summed E-state index contributed by atoms with van der Waals surface area (Å²) in [5.74, 6) is -0.184. The lowest BCUT2D eigenvalue weighted by atomic mass is 9.66. The van der Waals surface area contributed by atoms with Crippen molar-refractivity contribution in [2.45, 2.75) is 65.9 Å². The molecule has 0 radical (unpaired) electrons. The number of hydrogen-bond donors (Lipinski definition) is 0. The van der Waals surface area contributed by atoms with Gasteiger partial charge in [0.25, 0.3) is 5.91 Å². The molecule has 1 saturated carbocycles. The molecule has 0 aromatic carbocycles. The van der Waals surface area contributed by atoms with E-state index in [0.717, 1.165) is 32.4 Å². The zero-order valence-electron chi connectivity index (χ0n) is 13.4. The lowest BCUT2D eigenvalue weighted by Crippen LogP contribution is -2.55. The Hall–Kier alpha value is -1.06. The minimum Gasteiger partial charge on any atom is -0.448 e. The van der Waals surface area contributed by atoms with E-state index in [2.05, 4.69) is 13.8 Å². The van der Waals surface area contributed by atoms with Crippen molar-refractivity contribution in [3.8, 4) is 0 Å². The SMILES string of the molecule is CCCN(CCC)C(=O)[C@@]12CC[C@@](C)(C(=O)O1)C2(C)C. The van der Waals surface area contributed by atoms with Crippen LogP contribution in [0.25, 0.3) is 0 Å². The molecule has 1 saturated heterocycles. The van der Waals surface area contributed by atoms with Crippen LogP contribution in [0.3, 0.4) is 0 Å². The second kappa shape index (κ2) is 4.74. The predicted octanol–water partition coefficient (Wildman–Crippen LogP) is 2.76. The van der Waals surface area contributed by atoms with Gasteiger partial charge in [0.05, 0.1) is 5.41 Å². The molecular formula is C16H27NO3. The summed E-state index contributed by atoms with van der Waals surface area (Å²) >= 11 is 0. The van der Waals surface area contributed by atoms with E-state index < -0.39 is 16.4 Å². The maximum atomic E-state index is 13.1. The van der Waals surface area contributed by atoms with E-state index >= 15 is 0 Å². The molecule has 2 aliphatic rings. The Morgan fingerprint density at radius 2 is 1.70 bits per heavy atom. The average molecular weight is 281 g/mol. The van der Waals surface area contributed by atoms with Crippen LogP contribution in [0.4, 0.5) is 0 Å². The van der Waals surface area contributed by atoms with Gasteiger partial charge in [0.2, 0.25) is 0 Å². The second-order valence-electron chi connectivity index (χ2n) is 6.97. The van der Waals surface area contributed by atoms with Crippen LogP contribution in [-0.4, -0.2) is 35.5 Å². The van der Waals surface area contributed by atoms with Crippen LogP contribution in [0, 0.1) is 10.8 Å². The van der Waals surface area contributed by atoms with E-state index in [9.17, 15) is 9.59 Å². The van der Waals surface area contributed by atoms with Gasteiger partial charge < -0.3 is 9.64 Å². The molecule has 0 aromatic heterocycles. The molecule has 0 N–H and O–H groups in total. The quantitative estimate of drug-likeness (QED) is 0.728. The van der Waals surface area contributed by atoms with Gasteiger partial charge in [-0.05, 0) is 32.6 Å². The average Bonchev–Trinajstić information content (AvgIpc) is 2.68. The maximum Gasteiger partial charge on any atom is 0.313 e. The number of hydrogen-bond acceptors (Lipinski definition) is 3. The van der Waals surface area contributed by atoms with E-state index in [1.54, 1.807) is 0 Å². The van der Waals surface area contributed by atoms with E-state index in [1.807, 2.05) is 25.7 Å². The number of fused-ring (bicyclic) bond motifs is 2. The summed E-state index contributed by atoms with van der Waals surface area (Å²) in [6.45, 7) is 11.6. The van der Waals surface area contributed by atoms with Gasteiger partial charge in [-0.25, -0.2) is 0 Å². The van der Waals surface area contributed by atoms with Crippen molar-refractivity contribution in [2.75, 3.05) is 13.1 Å². The summed E-state index contributed by atoms with van der Waals surface area (Å²) in [5, 5.41) is 0. The minimum absolute atomic E-state index is 0.0146. The van der Waals surface area contributed by atoms with Crippen LogP contribution in [0.5, 0.6) is 0 Å². The fourth-order valence-electron chi connectivity index (χ4n) is 3.83. The lowest BCUT2D eigenvalue weighted by molar-refractivity contribution is -0.174. The van der Waals surface area contributed by atoms with Gasteiger partial charge in [0.15, 0.2) is 5.60 Å². The van der Waals surface area contributed by atoms with Crippen molar-refractivity contribution in [2.24, 2.45) is 10.8 Å². The Morgan fingerprint density at radius 1 is 1.15 bits per heavy atom. The van der Waals surface area contributed by atoms with Crippen molar-refractivity contribution in [1.29, 1.82) is 0 Å². The van der Waals surface area contributed by atoms with Gasteiger partial charge in [-0.1, -0.05) is 27.7 Å². The van der Waals surface area contributed by atoms with Crippen LogP contribution in [0.2, 0.25) is 0 Å². The Labute approximate surface area is 121 Å². The number of rotatable bonds is 5. The highest BCUT2D eigenvalue weighted by molar-refractivity contribution is 5.96. The summed E-state index contributed by atoms with van der Waals surface area (Å²) in [5.41, 5.74) is -1.90. The Morgan fingerprint density at radius 3 is 2.05 bits per heavy atom. The van der Waals surface area contributed by atoms with E-state index in [1.165, 1.54) is 0 Å². The summed E-state index contributed by atoms with van der Waals surface area (Å²) < 4.78 is 5.67. The Balaban J connectivity index is 2.36. The highest BCUT2D eigenvalue weighted by Gasteiger charge is 2.76. The maximum absolute atomic E-state index is 13.1. The number of carbonyl (C=O) groups excluding carboxylic acids is 2. The first-order valence-electron chi connectivity index (χ1n) is 7.79. The highest BCUT2D eigenvalue weighted by Crippen LogP contribution is 2.65. The minimum atomic E-state index is -0.941. The van der Waals surface area contributed by atoms with Gasteiger partial charge in [0.1, 0.15) is 0 Å². The van der Waals surface area contributed by atoms with Crippen LogP contribution < -0.4 is 0 Å². The van der Waals surface area contributed by atoms with Gasteiger partial charge >= 0.3 is 5.97 Å². The molecule has 1 amide bonds. The van der Waals surface area contributed by atoms with Crippen LogP contribution in [0.15, 0.2) is 0 Å². The number of nitrogens with zero attached hydrogens (tertiary/aromatic N) is 1. The summed E-state index contributed by atoms with van der Waals surface area (Å²) in [7, 11) is 0. The first kappa shape index (κ1) is 15.3. The molecule has 0 spiro atoms. The molecule has 2 fully saturated rings. The van der Waals surface area contributed by atoms with E-state index in [0.29, 0.717) is 6.42 Å². The molecule has 4 heteroatoms. The standard InChI is InChI=1S/C16H27NO3/c1-6-10-17(11-7-2)12(18)16-9-8-15(5,13(19)20-16)14(16,3)4/h6-11H2,1-5H3/t15-,16+/m0/s1. The lowest BCUT2D eigenvalue weighted by Gasteiger charge is -2.39. The third kappa shape index (κ3) is 1.66. The van der Waals surface area contributed by atoms with Gasteiger partial charge in [0, 0.05) is 18.5 Å². The van der Waals surface area contributed by atoms with Gasteiger partial charge in [-0.3, -0.25) is 9.59 Å². The third-order valence-electron chi connectivity index (χ3n) is 5.70. The fraction of sp³-hybridized carbons (Fsp3) is 0.875. The predicted molar refractivity (Wildman–Crippen MR) is 77.1 cm³/mol. The van der Waals surface area contributed by atoms with Crippen LogP contribution in [0.1, 0.15) is 60.3 Å². The van der Waals surface area contributed by atoms with Gasteiger partial charge in [-0.2, -0.15) is 0 Å². The van der Waals surface area contributed by atoms with Crippen LogP contribution in [-0.2, 0) is 14.3 Å². The van der Waals surface area contributed by atoms with Crippen molar-refractivity contribution >= 4 is 11.9 Å². The fourth-order valence-corrected chi connectivity index (χ4v) is 3.83. The molecule has 114 valence electrons. The zero-order chi connectivity index (χ0) is 15.2. The number of amides is 1. The molecule has 1 heterocycles. The molecule has 0 aromatic rings. The number of ether oxygens (including phenoxy) is 1. The molecule has 1 aliphatic carbocycles. The van der Waals surface area contributed by atoms with Crippen molar-refractivity contribution in [3.63, 3.8) is 0 Å². The topological polar surface area (TPSA) is 46.6 Å². The molecule has 1 aliphatic heterocycles. The van der Waals surface area contributed by atoms with E-state index in [-0.39, 0.29) is 11.9 Å². The zero-order valence-corrected chi connectivity index (χ0v) is 13.4. The molecule has 20 heavy (non-hydrogen) atoms. The number of esters is 1. The molecule has 2 bridgehead atoms. The van der Waals surface area contributed by atoms with Crippen molar-refractivity contribution < 1.29 is 14.3 Å². The molecular weight excluding hydrogens is 254 g/mol. The largest absolute Gasteiger partial charge is 0.448 e. The number of carbonyl (C=O) groups is 2. The smallest absolute Gasteiger partial charge is 0.313 e. The Kier molecular flexibility index (Phi) is 3.64. The first-order chi connectivity index (χ1) is 9.27. The summed E-state index contributed by atoms with van der Waals surface area (Å²) in [6, 6.07) is 0. The third-order valence-corrected chi connectivity index (χ3v) is 5.70. The highest BCUT2D eigenvalue weighted by atomic mass is 16.6. The van der Waals surface area contributed by atoms with Gasteiger partial charge in [-0.15, -0.1) is 0 Å². The normalized spacial score (nSPS) is 34.1. The van der Waals surface area contributed by atoms with Crippen molar-refractivity contribution in [3.05, 3.63) is 0 Å². The molecule has 2 rings (SSSR count). The first-order valence-corrected chi connectivity index (χ1v) is 7.79. The van der Waals surface area contributed by atoms with Crippen LogP contribution >= 0.6 is 0 Å². The van der Waals surface area contributed by atoms with Crippen molar-refractivity contribution in [1.82, 2.24) is 4.90 Å². The molecule has 0 unspecified atom stereocenters. The Bertz CT molecular complexity index is 425. The summed E-state index contributed by atoms with van der Waals surface area (Å²) in [6.07, 6.45) is 3.25. The second-order valence-corrected chi connectivity index (χ2v) is 6.97. The molecule has 2 atom stereocenters. The monoisotopic (exact) mass is 281 g/mol. The van der Waals surface area contributed by atoms with E-state index in [4.69, 9.17) is 4.74 Å².